The zero-order valence-electron chi connectivity index (χ0n) is 25.7. The first-order valence-electron chi connectivity index (χ1n) is 14.3. The zero-order valence-corrected chi connectivity index (χ0v) is 25.7. The number of rotatable bonds is 21. The van der Waals surface area contributed by atoms with Gasteiger partial charge in [0.2, 0.25) is 5.91 Å². The van der Waals surface area contributed by atoms with E-state index in [0.29, 0.717) is 19.3 Å². The van der Waals surface area contributed by atoms with Crippen molar-refractivity contribution in [1.29, 1.82) is 0 Å². The van der Waals surface area contributed by atoms with Crippen molar-refractivity contribution in [2.75, 3.05) is 26.4 Å². The molecule has 1 saturated carbocycles. The number of carbonyl (C=O) groups excluding carboxylic acids is 4. The molecule has 0 aromatic carbocycles. The molecule has 1 unspecified atom stereocenters. The van der Waals surface area contributed by atoms with Crippen LogP contribution in [0.4, 0.5) is 0 Å². The second kappa shape index (κ2) is 16.6. The van der Waals surface area contributed by atoms with Crippen LogP contribution in [0.5, 0.6) is 0 Å². The number of amides is 1. The van der Waals surface area contributed by atoms with Crippen LogP contribution in [0, 0.1) is 11.3 Å². The Morgan fingerprint density at radius 3 is 1.82 bits per heavy atom. The summed E-state index contributed by atoms with van der Waals surface area (Å²) in [6.45, 7) is 17.6. The summed E-state index contributed by atoms with van der Waals surface area (Å²) < 4.78 is 23.5. The second-order valence-electron chi connectivity index (χ2n) is 12.6. The van der Waals surface area contributed by atoms with Crippen molar-refractivity contribution in [3.05, 3.63) is 0 Å². The minimum atomic E-state index is -0.674. The Kier molecular flexibility index (Phi) is 15.0. The van der Waals surface area contributed by atoms with Gasteiger partial charge in [0.25, 0.3) is 0 Å². The predicted molar refractivity (Wildman–Crippen MR) is 150 cm³/mol. The summed E-state index contributed by atoms with van der Waals surface area (Å²) in [4.78, 5) is 47.6. The fourth-order valence-corrected chi connectivity index (χ4v) is 4.87. The van der Waals surface area contributed by atoms with Crippen molar-refractivity contribution in [2.45, 2.75) is 131 Å². The molecule has 0 saturated heterocycles. The van der Waals surface area contributed by atoms with Gasteiger partial charge in [0.1, 0.15) is 17.3 Å². The predicted octanol–water partition coefficient (Wildman–Crippen LogP) is 4.23. The van der Waals surface area contributed by atoms with Gasteiger partial charge >= 0.3 is 0 Å². The molecule has 9 heteroatoms. The van der Waals surface area contributed by atoms with Crippen LogP contribution in [0.1, 0.15) is 101 Å². The number of ether oxygens (including phenoxy) is 4. The van der Waals surface area contributed by atoms with E-state index in [1.54, 1.807) is 0 Å². The summed E-state index contributed by atoms with van der Waals surface area (Å²) in [5, 5.41) is 2.94. The largest absolute Gasteiger partial charge is 0.379 e. The molecule has 1 fully saturated rings. The molecule has 0 heterocycles. The lowest BCUT2D eigenvalue weighted by Gasteiger charge is -2.41. The molecule has 1 N–H and O–H groups in total. The second-order valence-corrected chi connectivity index (χ2v) is 12.6. The van der Waals surface area contributed by atoms with Gasteiger partial charge < -0.3 is 24.3 Å². The van der Waals surface area contributed by atoms with Gasteiger partial charge in [-0.05, 0) is 53.9 Å². The lowest BCUT2D eigenvalue weighted by Crippen LogP contribution is -2.48. The highest BCUT2D eigenvalue weighted by Gasteiger charge is 2.38. The van der Waals surface area contributed by atoms with Gasteiger partial charge in [-0.3, -0.25) is 19.2 Å². The Morgan fingerprint density at radius 1 is 0.846 bits per heavy atom. The number of carbonyl (C=O) groups is 4. The van der Waals surface area contributed by atoms with Gasteiger partial charge in [0.15, 0.2) is 0 Å². The Morgan fingerprint density at radius 2 is 1.36 bits per heavy atom. The van der Waals surface area contributed by atoms with E-state index < -0.39 is 17.1 Å². The molecule has 0 radical (unpaired) electrons. The van der Waals surface area contributed by atoms with Gasteiger partial charge in [-0.1, -0.05) is 27.7 Å². The lowest BCUT2D eigenvalue weighted by molar-refractivity contribution is -0.173. The molecule has 0 spiro atoms. The number of hydrogen-bond acceptors (Lipinski definition) is 8. The molecule has 1 atom stereocenters. The molecule has 1 aliphatic carbocycles. The standard InChI is InChI=1S/C30H53NO8/c1-20(2)28(35)29(6,7)16-23(5)38-25-14-26(15-25)39-30(8,9)17-27(34)31-24(18-36-12-10-21(3)32)19-37-13-11-22(4)33/h20,23-26H,10-19H2,1-9H3,(H,31,34). The zero-order chi connectivity index (χ0) is 29.8. The van der Waals surface area contributed by atoms with Crippen LogP contribution in [0.2, 0.25) is 0 Å². The molecule has 0 aliphatic heterocycles. The summed E-state index contributed by atoms with van der Waals surface area (Å²) in [6.07, 6.45) is 3.04. The molecule has 1 rings (SSSR count). The van der Waals surface area contributed by atoms with Crippen LogP contribution in [0.3, 0.4) is 0 Å². The van der Waals surface area contributed by atoms with Crippen molar-refractivity contribution in [2.24, 2.45) is 11.3 Å². The maximum Gasteiger partial charge on any atom is 0.223 e. The van der Waals surface area contributed by atoms with E-state index in [0.717, 1.165) is 12.8 Å². The highest BCUT2D eigenvalue weighted by molar-refractivity contribution is 5.85. The SMILES string of the molecule is CC(=O)CCOCC(COCCC(C)=O)NC(=O)CC(C)(C)OC1CC(OC(C)CC(C)(C)C(=O)C(C)C)C1. The maximum atomic E-state index is 12.8. The van der Waals surface area contributed by atoms with Gasteiger partial charge in [-0.2, -0.15) is 0 Å². The number of nitrogens with one attached hydrogen (secondary N) is 1. The van der Waals surface area contributed by atoms with Crippen LogP contribution in [-0.4, -0.2) is 79.6 Å². The van der Waals surface area contributed by atoms with E-state index >= 15 is 0 Å². The topological polar surface area (TPSA) is 117 Å². The van der Waals surface area contributed by atoms with Crippen molar-refractivity contribution in [3.63, 3.8) is 0 Å². The fraction of sp³-hybridized carbons (Fsp3) is 0.867. The lowest BCUT2D eigenvalue weighted by atomic mass is 9.78. The van der Waals surface area contributed by atoms with Crippen LogP contribution < -0.4 is 5.32 Å². The molecule has 0 bridgehead atoms. The fourth-order valence-electron chi connectivity index (χ4n) is 4.87. The molecule has 1 aliphatic rings. The van der Waals surface area contributed by atoms with Crippen molar-refractivity contribution < 1.29 is 38.1 Å². The maximum absolute atomic E-state index is 12.8. The third-order valence-corrected chi connectivity index (χ3v) is 6.74. The van der Waals surface area contributed by atoms with Gasteiger partial charge in [-0.15, -0.1) is 0 Å². The smallest absolute Gasteiger partial charge is 0.223 e. The summed E-state index contributed by atoms with van der Waals surface area (Å²) in [5.41, 5.74) is -1.09. The van der Waals surface area contributed by atoms with Crippen molar-refractivity contribution in [3.8, 4) is 0 Å². The Labute approximate surface area is 235 Å². The first-order valence-corrected chi connectivity index (χ1v) is 14.3. The molecular formula is C30H53NO8. The average Bonchev–Trinajstić information content (AvgIpc) is 2.75. The highest BCUT2D eigenvalue weighted by atomic mass is 16.5. The van der Waals surface area contributed by atoms with Crippen molar-refractivity contribution >= 4 is 23.3 Å². The Bertz CT molecular complexity index is 779. The van der Waals surface area contributed by atoms with Crippen LogP contribution in [0.15, 0.2) is 0 Å². The van der Waals surface area contributed by atoms with E-state index in [1.165, 1.54) is 13.8 Å². The summed E-state index contributed by atoms with van der Waals surface area (Å²) in [5.74, 6) is 0.140. The van der Waals surface area contributed by atoms with Gasteiger partial charge in [0.05, 0.1) is 62.8 Å². The Hall–Kier alpha value is -1.68. The first kappa shape index (κ1) is 35.3. The van der Waals surface area contributed by atoms with E-state index in [2.05, 4.69) is 5.32 Å². The molecule has 39 heavy (non-hydrogen) atoms. The molecular weight excluding hydrogens is 502 g/mol. The molecule has 9 nitrogen and oxygen atoms in total. The summed E-state index contributed by atoms with van der Waals surface area (Å²) in [6, 6.07) is -0.401. The quantitative estimate of drug-likeness (QED) is 0.209. The average molecular weight is 556 g/mol. The number of Topliss-reactive ketones (excluding diaryl/α,β-unsaturated/α-hetero) is 3. The van der Waals surface area contributed by atoms with E-state index in [1.807, 2.05) is 48.5 Å². The minimum absolute atomic E-state index is 0.00177. The van der Waals surface area contributed by atoms with E-state index in [9.17, 15) is 19.2 Å². The first-order chi connectivity index (χ1) is 18.0. The van der Waals surface area contributed by atoms with Crippen LogP contribution >= 0.6 is 0 Å². The minimum Gasteiger partial charge on any atom is -0.379 e. The van der Waals surface area contributed by atoms with Crippen molar-refractivity contribution in [1.82, 2.24) is 5.32 Å². The summed E-state index contributed by atoms with van der Waals surface area (Å²) >= 11 is 0. The van der Waals surface area contributed by atoms with Gasteiger partial charge in [-0.25, -0.2) is 0 Å². The highest BCUT2D eigenvalue weighted by Crippen LogP contribution is 2.34. The Balaban J connectivity index is 2.47. The monoisotopic (exact) mass is 555 g/mol. The third-order valence-electron chi connectivity index (χ3n) is 6.74. The normalized spacial score (nSPS) is 18.6. The van der Waals surface area contributed by atoms with Gasteiger partial charge in [0, 0.05) is 24.2 Å². The summed E-state index contributed by atoms with van der Waals surface area (Å²) in [7, 11) is 0. The van der Waals surface area contributed by atoms with Crippen LogP contribution in [-0.2, 0) is 38.1 Å². The molecule has 0 aromatic heterocycles. The third kappa shape index (κ3) is 15.0. The number of ketones is 3. The molecule has 1 amide bonds. The van der Waals surface area contributed by atoms with E-state index in [-0.39, 0.29) is 80.3 Å². The van der Waals surface area contributed by atoms with E-state index in [4.69, 9.17) is 18.9 Å². The molecule has 226 valence electrons. The number of hydrogen-bond donors (Lipinski definition) is 1. The molecule has 0 aromatic rings. The van der Waals surface area contributed by atoms with Crippen LogP contribution in [0.25, 0.3) is 0 Å².